The summed E-state index contributed by atoms with van der Waals surface area (Å²) >= 11 is 0. The molecule has 1 heterocycles. The molecule has 1 aromatic heterocycles. The van der Waals surface area contributed by atoms with E-state index in [2.05, 4.69) is 67.0 Å². The first kappa shape index (κ1) is 15.0. The number of aryl methyl sites for hydroxylation is 1. The first-order chi connectivity index (χ1) is 9.61. The minimum atomic E-state index is 0.545. The number of hydrogen-bond acceptors (Lipinski definition) is 3. The van der Waals surface area contributed by atoms with Crippen molar-refractivity contribution in [2.24, 2.45) is 0 Å². The quantitative estimate of drug-likeness (QED) is 0.842. The zero-order valence-electron chi connectivity index (χ0n) is 13.1. The van der Waals surface area contributed by atoms with Gasteiger partial charge in [-0.2, -0.15) is 5.10 Å². The second kappa shape index (κ2) is 6.86. The highest BCUT2D eigenvalue weighted by Crippen LogP contribution is 2.19. The number of hydrogen-bond donors (Lipinski definition) is 1. The lowest BCUT2D eigenvalue weighted by Gasteiger charge is -2.17. The number of benzene rings is 1. The van der Waals surface area contributed by atoms with Crippen LogP contribution in [0.25, 0.3) is 10.9 Å². The van der Waals surface area contributed by atoms with Gasteiger partial charge in [0.1, 0.15) is 0 Å². The van der Waals surface area contributed by atoms with Crippen molar-refractivity contribution in [2.75, 3.05) is 20.1 Å². The van der Waals surface area contributed by atoms with E-state index < -0.39 is 0 Å². The zero-order chi connectivity index (χ0) is 14.5. The van der Waals surface area contributed by atoms with Gasteiger partial charge in [-0.15, -0.1) is 0 Å². The average molecular weight is 274 g/mol. The molecule has 1 N–H and O–H groups in total. The standard InChI is InChI=1S/C16H26N4/c1-5-20-16-9-7-6-8-14(16)15(18-20)12-19(4)11-10-17-13(2)3/h6-9,13,17H,5,10-12H2,1-4H3. The summed E-state index contributed by atoms with van der Waals surface area (Å²) in [6, 6.07) is 9.03. The van der Waals surface area contributed by atoms with E-state index in [1.807, 2.05) is 0 Å². The van der Waals surface area contributed by atoms with E-state index in [4.69, 9.17) is 5.10 Å². The van der Waals surface area contributed by atoms with Crippen LogP contribution in [-0.2, 0) is 13.1 Å². The monoisotopic (exact) mass is 274 g/mol. The van der Waals surface area contributed by atoms with E-state index in [0.29, 0.717) is 6.04 Å². The van der Waals surface area contributed by atoms with Gasteiger partial charge in [0.2, 0.25) is 0 Å². The van der Waals surface area contributed by atoms with Crippen LogP contribution in [0.1, 0.15) is 26.5 Å². The van der Waals surface area contributed by atoms with Crippen LogP contribution in [-0.4, -0.2) is 40.9 Å². The van der Waals surface area contributed by atoms with Gasteiger partial charge in [-0.1, -0.05) is 32.0 Å². The molecule has 1 aromatic carbocycles. The van der Waals surface area contributed by atoms with Gasteiger partial charge in [-0.25, -0.2) is 0 Å². The van der Waals surface area contributed by atoms with Crippen molar-refractivity contribution < 1.29 is 0 Å². The Labute approximate surface area is 121 Å². The molecule has 0 bridgehead atoms. The number of nitrogens with one attached hydrogen (secondary N) is 1. The molecule has 0 aliphatic carbocycles. The first-order valence-corrected chi connectivity index (χ1v) is 7.48. The van der Waals surface area contributed by atoms with Crippen molar-refractivity contribution in [1.29, 1.82) is 0 Å². The maximum atomic E-state index is 4.75. The second-order valence-corrected chi connectivity index (χ2v) is 5.63. The SMILES string of the molecule is CCn1nc(CN(C)CCNC(C)C)c2ccccc21. The fourth-order valence-electron chi connectivity index (χ4n) is 2.43. The Morgan fingerprint density at radius 3 is 2.75 bits per heavy atom. The highest BCUT2D eigenvalue weighted by Gasteiger charge is 2.10. The molecule has 20 heavy (non-hydrogen) atoms. The minimum absolute atomic E-state index is 0.545. The maximum absolute atomic E-state index is 4.75. The lowest BCUT2D eigenvalue weighted by Crippen LogP contribution is -2.32. The predicted octanol–water partition coefficient (Wildman–Crippen LogP) is 2.49. The number of likely N-dealkylation sites (N-methyl/N-ethyl adjacent to an activating group) is 1. The minimum Gasteiger partial charge on any atom is -0.313 e. The summed E-state index contributed by atoms with van der Waals surface area (Å²) in [4.78, 5) is 2.32. The first-order valence-electron chi connectivity index (χ1n) is 7.48. The molecule has 0 fully saturated rings. The summed E-state index contributed by atoms with van der Waals surface area (Å²) in [7, 11) is 2.15. The van der Waals surface area contributed by atoms with Crippen LogP contribution < -0.4 is 5.32 Å². The number of nitrogens with zero attached hydrogens (tertiary/aromatic N) is 3. The summed E-state index contributed by atoms with van der Waals surface area (Å²) < 4.78 is 2.09. The Hall–Kier alpha value is -1.39. The molecule has 0 saturated carbocycles. The van der Waals surface area contributed by atoms with Gasteiger partial charge in [-0.05, 0) is 20.0 Å². The van der Waals surface area contributed by atoms with E-state index in [1.54, 1.807) is 0 Å². The Bertz CT molecular complexity index is 544. The molecular formula is C16H26N4. The Morgan fingerprint density at radius 2 is 2.05 bits per heavy atom. The predicted molar refractivity (Wildman–Crippen MR) is 84.9 cm³/mol. The smallest absolute Gasteiger partial charge is 0.0843 e. The molecule has 4 heteroatoms. The summed E-state index contributed by atoms with van der Waals surface area (Å²) in [6.45, 7) is 10.4. The van der Waals surface area contributed by atoms with Crippen molar-refractivity contribution in [3.63, 3.8) is 0 Å². The van der Waals surface area contributed by atoms with Gasteiger partial charge < -0.3 is 5.32 Å². The molecular weight excluding hydrogens is 248 g/mol. The number of rotatable bonds is 7. The van der Waals surface area contributed by atoms with Crippen molar-refractivity contribution in [3.05, 3.63) is 30.0 Å². The van der Waals surface area contributed by atoms with Crippen LogP contribution in [0.15, 0.2) is 24.3 Å². The van der Waals surface area contributed by atoms with Gasteiger partial charge in [0.15, 0.2) is 0 Å². The Morgan fingerprint density at radius 1 is 1.30 bits per heavy atom. The van der Waals surface area contributed by atoms with Crippen molar-refractivity contribution in [1.82, 2.24) is 20.0 Å². The molecule has 0 saturated heterocycles. The summed E-state index contributed by atoms with van der Waals surface area (Å²) in [5.74, 6) is 0. The van der Waals surface area contributed by atoms with Gasteiger partial charge in [0.05, 0.1) is 11.2 Å². The number of para-hydroxylation sites is 1. The van der Waals surface area contributed by atoms with Crippen molar-refractivity contribution in [3.8, 4) is 0 Å². The van der Waals surface area contributed by atoms with Crippen molar-refractivity contribution >= 4 is 10.9 Å². The fourth-order valence-corrected chi connectivity index (χ4v) is 2.43. The van der Waals surface area contributed by atoms with Crippen LogP contribution >= 0.6 is 0 Å². The topological polar surface area (TPSA) is 33.1 Å². The normalized spacial score (nSPS) is 11.9. The lowest BCUT2D eigenvalue weighted by atomic mass is 10.2. The van der Waals surface area contributed by atoms with Gasteiger partial charge >= 0.3 is 0 Å². The second-order valence-electron chi connectivity index (χ2n) is 5.63. The molecule has 0 spiro atoms. The molecule has 0 atom stereocenters. The molecule has 2 aromatic rings. The van der Waals surface area contributed by atoms with Crippen LogP contribution in [0.3, 0.4) is 0 Å². The van der Waals surface area contributed by atoms with Gasteiger partial charge in [-0.3, -0.25) is 9.58 Å². The van der Waals surface area contributed by atoms with E-state index in [9.17, 15) is 0 Å². The number of fused-ring (bicyclic) bond motifs is 1. The maximum Gasteiger partial charge on any atom is 0.0843 e. The third-order valence-electron chi connectivity index (χ3n) is 3.50. The zero-order valence-corrected chi connectivity index (χ0v) is 13.1. The van der Waals surface area contributed by atoms with Gasteiger partial charge in [0, 0.05) is 37.6 Å². The largest absolute Gasteiger partial charge is 0.313 e. The third-order valence-corrected chi connectivity index (χ3v) is 3.50. The molecule has 0 aliphatic rings. The molecule has 2 rings (SSSR count). The molecule has 0 aliphatic heterocycles. The molecule has 0 amide bonds. The van der Waals surface area contributed by atoms with Crippen LogP contribution in [0.5, 0.6) is 0 Å². The lowest BCUT2D eigenvalue weighted by molar-refractivity contribution is 0.316. The van der Waals surface area contributed by atoms with E-state index in [-0.39, 0.29) is 0 Å². The fraction of sp³-hybridized carbons (Fsp3) is 0.562. The molecule has 110 valence electrons. The Kier molecular flexibility index (Phi) is 5.15. The molecule has 0 radical (unpaired) electrons. The molecule has 0 unspecified atom stereocenters. The highest BCUT2D eigenvalue weighted by molar-refractivity contribution is 5.81. The summed E-state index contributed by atoms with van der Waals surface area (Å²) in [5.41, 5.74) is 2.41. The number of aromatic nitrogens is 2. The van der Waals surface area contributed by atoms with E-state index in [0.717, 1.165) is 26.2 Å². The van der Waals surface area contributed by atoms with Crippen LogP contribution in [0.2, 0.25) is 0 Å². The highest BCUT2D eigenvalue weighted by atomic mass is 15.3. The molecule has 4 nitrogen and oxygen atoms in total. The summed E-state index contributed by atoms with van der Waals surface area (Å²) in [5, 5.41) is 9.47. The van der Waals surface area contributed by atoms with Crippen molar-refractivity contribution in [2.45, 2.75) is 39.9 Å². The third kappa shape index (κ3) is 3.58. The Balaban J connectivity index is 2.05. The van der Waals surface area contributed by atoms with E-state index >= 15 is 0 Å². The van der Waals surface area contributed by atoms with Crippen LogP contribution in [0, 0.1) is 0 Å². The average Bonchev–Trinajstić information content (AvgIpc) is 2.77. The van der Waals surface area contributed by atoms with Gasteiger partial charge in [0.25, 0.3) is 0 Å². The van der Waals surface area contributed by atoms with E-state index in [1.165, 1.54) is 16.6 Å². The van der Waals surface area contributed by atoms with Crippen LogP contribution in [0.4, 0.5) is 0 Å². The summed E-state index contributed by atoms with van der Waals surface area (Å²) in [6.07, 6.45) is 0.